The quantitative estimate of drug-likeness (QED) is 0.839. The third-order valence-corrected chi connectivity index (χ3v) is 4.45. The summed E-state index contributed by atoms with van der Waals surface area (Å²) in [6.07, 6.45) is 0.244. The van der Waals surface area contributed by atoms with Gasteiger partial charge in [0.25, 0.3) is 0 Å². The number of hydrogen-bond acceptors (Lipinski definition) is 4. The summed E-state index contributed by atoms with van der Waals surface area (Å²) in [6.45, 7) is 1.85. The molecule has 0 bridgehead atoms. The van der Waals surface area contributed by atoms with E-state index in [0.717, 1.165) is 15.0 Å². The minimum absolute atomic E-state index is 0.0487. The third-order valence-electron chi connectivity index (χ3n) is 2.56. The van der Waals surface area contributed by atoms with Crippen molar-refractivity contribution in [1.82, 2.24) is 4.98 Å². The number of carbonyl (C=O) groups excluding carboxylic acids is 1. The van der Waals surface area contributed by atoms with Crippen molar-refractivity contribution in [1.29, 1.82) is 0 Å². The average Bonchev–Trinajstić information content (AvgIpc) is 2.82. The molecular formula is C13H12BrClN2OS. The molecule has 0 saturated heterocycles. The topological polar surface area (TPSA) is 56.0 Å². The van der Waals surface area contributed by atoms with Crippen LogP contribution in [-0.4, -0.2) is 10.8 Å². The van der Waals surface area contributed by atoms with Crippen molar-refractivity contribution in [3.63, 3.8) is 0 Å². The standard InChI is InChI=1S/C13H12BrClN2OS/c1-7(16)13-17-11(6-19-13)12(18)4-8-2-3-9(14)5-10(8)15/h2-3,5-7H,4,16H2,1H3. The van der Waals surface area contributed by atoms with Crippen molar-refractivity contribution < 1.29 is 4.79 Å². The summed E-state index contributed by atoms with van der Waals surface area (Å²) in [5.41, 5.74) is 6.98. The molecule has 1 heterocycles. The van der Waals surface area contributed by atoms with Gasteiger partial charge >= 0.3 is 0 Å². The Morgan fingerprint density at radius 3 is 2.89 bits per heavy atom. The molecule has 0 aliphatic heterocycles. The first-order chi connectivity index (χ1) is 8.97. The van der Waals surface area contributed by atoms with Crippen LogP contribution in [0.15, 0.2) is 28.1 Å². The van der Waals surface area contributed by atoms with Gasteiger partial charge < -0.3 is 5.73 Å². The van der Waals surface area contributed by atoms with Crippen LogP contribution in [0.3, 0.4) is 0 Å². The summed E-state index contributed by atoms with van der Waals surface area (Å²) >= 11 is 10.8. The Balaban J connectivity index is 2.16. The number of carbonyl (C=O) groups is 1. The SMILES string of the molecule is CC(N)c1nc(C(=O)Cc2ccc(Br)cc2Cl)cs1. The Labute approximate surface area is 128 Å². The second-order valence-electron chi connectivity index (χ2n) is 4.20. The van der Waals surface area contributed by atoms with Crippen LogP contribution in [-0.2, 0) is 6.42 Å². The highest BCUT2D eigenvalue weighted by Crippen LogP contribution is 2.23. The van der Waals surface area contributed by atoms with Gasteiger partial charge in [0.2, 0.25) is 0 Å². The van der Waals surface area contributed by atoms with E-state index in [2.05, 4.69) is 20.9 Å². The van der Waals surface area contributed by atoms with Gasteiger partial charge in [-0.05, 0) is 24.6 Å². The zero-order chi connectivity index (χ0) is 14.0. The molecule has 2 rings (SSSR count). The van der Waals surface area contributed by atoms with Gasteiger partial charge in [0, 0.05) is 21.3 Å². The number of halogens is 2. The van der Waals surface area contributed by atoms with E-state index in [1.54, 1.807) is 11.4 Å². The lowest BCUT2D eigenvalue weighted by Gasteiger charge is -2.03. The molecule has 0 amide bonds. The molecule has 0 radical (unpaired) electrons. The van der Waals surface area contributed by atoms with E-state index in [0.29, 0.717) is 10.7 Å². The number of Topliss-reactive ketones (excluding diaryl/α,β-unsaturated/α-hetero) is 1. The summed E-state index contributed by atoms with van der Waals surface area (Å²) in [7, 11) is 0. The maximum atomic E-state index is 12.1. The molecule has 0 aliphatic carbocycles. The van der Waals surface area contributed by atoms with Crippen LogP contribution in [0.25, 0.3) is 0 Å². The molecule has 1 aromatic carbocycles. The number of benzene rings is 1. The minimum atomic E-state index is -0.150. The van der Waals surface area contributed by atoms with Gasteiger partial charge in [0.05, 0.1) is 6.04 Å². The monoisotopic (exact) mass is 358 g/mol. The summed E-state index contributed by atoms with van der Waals surface area (Å²) in [4.78, 5) is 16.4. The van der Waals surface area contributed by atoms with E-state index in [-0.39, 0.29) is 18.2 Å². The fraction of sp³-hybridized carbons (Fsp3) is 0.231. The van der Waals surface area contributed by atoms with E-state index >= 15 is 0 Å². The van der Waals surface area contributed by atoms with Crippen molar-refractivity contribution >= 4 is 44.7 Å². The molecule has 6 heteroatoms. The van der Waals surface area contributed by atoms with Gasteiger partial charge in [0.1, 0.15) is 10.7 Å². The molecule has 2 N–H and O–H groups in total. The lowest BCUT2D eigenvalue weighted by molar-refractivity contribution is 0.0988. The Morgan fingerprint density at radius 2 is 2.32 bits per heavy atom. The van der Waals surface area contributed by atoms with Crippen LogP contribution in [0.2, 0.25) is 5.02 Å². The van der Waals surface area contributed by atoms with E-state index < -0.39 is 0 Å². The lowest BCUT2D eigenvalue weighted by atomic mass is 10.1. The van der Waals surface area contributed by atoms with Gasteiger partial charge in [-0.15, -0.1) is 11.3 Å². The predicted octanol–water partition coefficient (Wildman–Crippen LogP) is 4.00. The summed E-state index contributed by atoms with van der Waals surface area (Å²) < 4.78 is 0.890. The van der Waals surface area contributed by atoms with Gasteiger partial charge in [-0.2, -0.15) is 0 Å². The molecule has 19 heavy (non-hydrogen) atoms. The van der Waals surface area contributed by atoms with Gasteiger partial charge in [-0.1, -0.05) is 33.6 Å². The fourth-order valence-corrected chi connectivity index (χ4v) is 3.08. The van der Waals surface area contributed by atoms with Crippen LogP contribution in [0.1, 0.15) is 34.0 Å². The Kier molecular flexibility index (Phi) is 4.73. The van der Waals surface area contributed by atoms with E-state index in [1.807, 2.05) is 19.1 Å². The molecule has 0 aliphatic rings. The van der Waals surface area contributed by atoms with E-state index in [9.17, 15) is 4.79 Å². The molecule has 1 aromatic heterocycles. The zero-order valence-corrected chi connectivity index (χ0v) is 13.3. The van der Waals surface area contributed by atoms with Gasteiger partial charge in [0.15, 0.2) is 5.78 Å². The maximum Gasteiger partial charge on any atom is 0.186 e. The lowest BCUT2D eigenvalue weighted by Crippen LogP contribution is -2.07. The summed E-state index contributed by atoms with van der Waals surface area (Å²) in [5, 5.41) is 3.09. The van der Waals surface area contributed by atoms with Crippen LogP contribution in [0.5, 0.6) is 0 Å². The molecule has 100 valence electrons. The van der Waals surface area contributed by atoms with Crippen molar-refractivity contribution in [3.05, 3.63) is 49.3 Å². The molecule has 1 atom stereocenters. The third kappa shape index (κ3) is 3.63. The number of hydrogen-bond donors (Lipinski definition) is 1. The van der Waals surface area contributed by atoms with Crippen molar-refractivity contribution in [2.75, 3.05) is 0 Å². The fourth-order valence-electron chi connectivity index (χ4n) is 1.55. The van der Waals surface area contributed by atoms with Crippen LogP contribution in [0.4, 0.5) is 0 Å². The number of thiazole rings is 1. The smallest absolute Gasteiger partial charge is 0.186 e. The highest BCUT2D eigenvalue weighted by atomic mass is 79.9. The normalized spacial score (nSPS) is 12.4. The van der Waals surface area contributed by atoms with E-state index in [1.165, 1.54) is 11.3 Å². The molecule has 0 fully saturated rings. The molecule has 2 aromatic rings. The van der Waals surface area contributed by atoms with Gasteiger partial charge in [-0.25, -0.2) is 4.98 Å². The number of nitrogens with zero attached hydrogens (tertiary/aromatic N) is 1. The first-order valence-electron chi connectivity index (χ1n) is 5.65. The molecule has 1 unspecified atom stereocenters. The van der Waals surface area contributed by atoms with Gasteiger partial charge in [-0.3, -0.25) is 4.79 Å². The first-order valence-corrected chi connectivity index (χ1v) is 7.70. The van der Waals surface area contributed by atoms with Crippen molar-refractivity contribution in [2.24, 2.45) is 5.73 Å². The maximum absolute atomic E-state index is 12.1. The summed E-state index contributed by atoms with van der Waals surface area (Å²) in [6, 6.07) is 5.33. The highest BCUT2D eigenvalue weighted by Gasteiger charge is 2.14. The Hall–Kier alpha value is -0.750. The first kappa shape index (κ1) is 14.7. The Morgan fingerprint density at radius 1 is 1.58 bits per heavy atom. The largest absolute Gasteiger partial charge is 0.322 e. The van der Waals surface area contributed by atoms with Crippen LogP contribution < -0.4 is 5.73 Å². The van der Waals surface area contributed by atoms with E-state index in [4.69, 9.17) is 17.3 Å². The number of aromatic nitrogens is 1. The number of nitrogens with two attached hydrogens (primary N) is 1. The molecule has 0 saturated carbocycles. The summed E-state index contributed by atoms with van der Waals surface area (Å²) in [5.74, 6) is -0.0487. The number of ketones is 1. The van der Waals surface area contributed by atoms with Crippen LogP contribution >= 0.6 is 38.9 Å². The van der Waals surface area contributed by atoms with Crippen molar-refractivity contribution in [2.45, 2.75) is 19.4 Å². The van der Waals surface area contributed by atoms with Crippen molar-refractivity contribution in [3.8, 4) is 0 Å². The minimum Gasteiger partial charge on any atom is -0.322 e. The molecule has 3 nitrogen and oxygen atoms in total. The second-order valence-corrected chi connectivity index (χ2v) is 6.41. The second kappa shape index (κ2) is 6.13. The highest BCUT2D eigenvalue weighted by molar-refractivity contribution is 9.10. The molecule has 0 spiro atoms. The molecular weight excluding hydrogens is 348 g/mol. The Bertz CT molecular complexity index is 612. The predicted molar refractivity (Wildman–Crippen MR) is 81.9 cm³/mol. The zero-order valence-electron chi connectivity index (χ0n) is 10.2. The van der Waals surface area contributed by atoms with Crippen LogP contribution in [0, 0.1) is 0 Å². The number of rotatable bonds is 4. The average molecular weight is 360 g/mol.